The Morgan fingerprint density at radius 2 is 2.00 bits per heavy atom. The number of aliphatic hydroxyl groups is 2. The third-order valence-corrected chi connectivity index (χ3v) is 4.09. The Bertz CT molecular complexity index is 545. The highest BCUT2D eigenvalue weighted by Crippen LogP contribution is 2.34. The number of rotatable bonds is 6. The molecule has 3 unspecified atom stereocenters. The van der Waals surface area contributed by atoms with Gasteiger partial charge in [0.1, 0.15) is 17.7 Å². The minimum Gasteiger partial charge on any atom is -0.508 e. The predicted molar refractivity (Wildman–Crippen MR) is 80.1 cm³/mol. The molecule has 1 aliphatic heterocycles. The lowest BCUT2D eigenvalue weighted by Crippen LogP contribution is -2.23. The molecule has 1 amide bonds. The monoisotopic (exact) mass is 309 g/mol. The summed E-state index contributed by atoms with van der Waals surface area (Å²) in [7, 11) is 0. The van der Waals surface area contributed by atoms with Crippen LogP contribution < -0.4 is 0 Å². The van der Waals surface area contributed by atoms with Crippen LogP contribution in [0.3, 0.4) is 0 Å². The second-order valence-corrected chi connectivity index (χ2v) is 6.22. The molecule has 1 aromatic rings. The van der Waals surface area contributed by atoms with Crippen LogP contribution in [0, 0.1) is 11.8 Å². The lowest BCUT2D eigenvalue weighted by Gasteiger charge is -2.15. The highest BCUT2D eigenvalue weighted by Gasteiger charge is 2.51. The number of carbonyl (C=O) groups is 1. The highest BCUT2D eigenvalue weighted by atomic mass is 16.3. The van der Waals surface area contributed by atoms with Crippen molar-refractivity contribution in [1.82, 2.24) is 4.90 Å². The number of aromatic hydroxyl groups is 2. The number of phenols is 2. The van der Waals surface area contributed by atoms with E-state index in [2.05, 4.69) is 0 Å². The topological polar surface area (TPSA) is 101 Å². The fraction of sp³-hybridized carbons (Fsp3) is 0.562. The van der Waals surface area contributed by atoms with Gasteiger partial charge in [0.15, 0.2) is 0 Å². The molecule has 6 nitrogen and oxygen atoms in total. The molecular formula is C16H23NO5. The van der Waals surface area contributed by atoms with Gasteiger partial charge in [-0.05, 0) is 29.9 Å². The van der Waals surface area contributed by atoms with Crippen LogP contribution in [0.1, 0.15) is 25.8 Å². The van der Waals surface area contributed by atoms with Gasteiger partial charge < -0.3 is 25.3 Å². The van der Waals surface area contributed by atoms with Crippen molar-refractivity contribution in [1.29, 1.82) is 0 Å². The summed E-state index contributed by atoms with van der Waals surface area (Å²) < 4.78 is 0. The van der Waals surface area contributed by atoms with Crippen LogP contribution in [0.2, 0.25) is 0 Å². The van der Waals surface area contributed by atoms with Crippen molar-refractivity contribution in [3.63, 3.8) is 0 Å². The molecule has 22 heavy (non-hydrogen) atoms. The van der Waals surface area contributed by atoms with Crippen molar-refractivity contribution in [2.45, 2.75) is 39.0 Å². The van der Waals surface area contributed by atoms with Gasteiger partial charge in [-0.3, -0.25) is 4.79 Å². The normalized spacial score (nSPS) is 22.0. The van der Waals surface area contributed by atoms with Crippen LogP contribution in [0.4, 0.5) is 0 Å². The molecule has 1 aromatic carbocycles. The molecule has 0 radical (unpaired) electrons. The Balaban J connectivity index is 1.96. The number of carbonyl (C=O) groups excluding carboxylic acids is 1. The first-order valence-electron chi connectivity index (χ1n) is 7.46. The number of phenolic OH excluding ortho intramolecular Hbond substituents is 2. The second-order valence-electron chi connectivity index (χ2n) is 6.22. The third kappa shape index (κ3) is 3.51. The molecule has 4 N–H and O–H groups in total. The van der Waals surface area contributed by atoms with Gasteiger partial charge in [-0.25, -0.2) is 0 Å². The highest BCUT2D eigenvalue weighted by molar-refractivity contribution is 5.79. The fourth-order valence-corrected chi connectivity index (χ4v) is 2.81. The van der Waals surface area contributed by atoms with Gasteiger partial charge in [0.25, 0.3) is 0 Å². The van der Waals surface area contributed by atoms with Crippen LogP contribution in [0.25, 0.3) is 0 Å². The first-order valence-corrected chi connectivity index (χ1v) is 7.46. The van der Waals surface area contributed by atoms with Gasteiger partial charge in [0, 0.05) is 19.1 Å². The van der Waals surface area contributed by atoms with Crippen LogP contribution in [-0.4, -0.2) is 50.1 Å². The van der Waals surface area contributed by atoms with Crippen LogP contribution in [0.5, 0.6) is 11.5 Å². The zero-order valence-corrected chi connectivity index (χ0v) is 12.8. The summed E-state index contributed by atoms with van der Waals surface area (Å²) in [5, 5.41) is 38.3. The molecule has 1 fully saturated rings. The number of nitrogens with zero attached hydrogens (tertiary/aromatic N) is 1. The summed E-state index contributed by atoms with van der Waals surface area (Å²) in [5.41, 5.74) is 0.566. The van der Waals surface area contributed by atoms with E-state index in [1.54, 1.807) is 6.07 Å². The molecule has 3 atom stereocenters. The lowest BCUT2D eigenvalue weighted by molar-refractivity contribution is -0.129. The average Bonchev–Trinajstić information content (AvgIpc) is 3.12. The maximum atomic E-state index is 12.2. The second kappa shape index (κ2) is 6.54. The summed E-state index contributed by atoms with van der Waals surface area (Å²) in [4.78, 5) is 13.6. The molecule has 1 heterocycles. The van der Waals surface area contributed by atoms with E-state index >= 15 is 0 Å². The van der Waals surface area contributed by atoms with E-state index < -0.39 is 6.23 Å². The zero-order chi connectivity index (χ0) is 16.4. The van der Waals surface area contributed by atoms with Gasteiger partial charge in [0.05, 0.1) is 6.04 Å². The number of hydrogen-bond acceptors (Lipinski definition) is 5. The summed E-state index contributed by atoms with van der Waals surface area (Å²) in [6, 6.07) is 4.11. The molecular weight excluding hydrogens is 286 g/mol. The molecule has 0 spiro atoms. The summed E-state index contributed by atoms with van der Waals surface area (Å²) in [6.45, 7) is 3.70. The Hall–Kier alpha value is -1.79. The van der Waals surface area contributed by atoms with Gasteiger partial charge >= 0.3 is 0 Å². The number of amides is 1. The van der Waals surface area contributed by atoms with Crippen molar-refractivity contribution in [2.24, 2.45) is 11.8 Å². The van der Waals surface area contributed by atoms with Crippen molar-refractivity contribution in [3.8, 4) is 11.5 Å². The Morgan fingerprint density at radius 1 is 1.32 bits per heavy atom. The van der Waals surface area contributed by atoms with E-state index in [-0.39, 0.29) is 48.3 Å². The van der Waals surface area contributed by atoms with E-state index in [0.29, 0.717) is 12.0 Å². The van der Waals surface area contributed by atoms with Crippen molar-refractivity contribution >= 4 is 5.91 Å². The van der Waals surface area contributed by atoms with E-state index in [0.717, 1.165) is 0 Å². The molecule has 0 bridgehead atoms. The van der Waals surface area contributed by atoms with E-state index in [4.69, 9.17) is 0 Å². The van der Waals surface area contributed by atoms with E-state index in [1.165, 1.54) is 17.0 Å². The number of hydrogen-bond donors (Lipinski definition) is 4. The average molecular weight is 309 g/mol. The van der Waals surface area contributed by atoms with Crippen molar-refractivity contribution < 1.29 is 25.2 Å². The van der Waals surface area contributed by atoms with Crippen LogP contribution in [0.15, 0.2) is 18.2 Å². The molecule has 6 heteroatoms. The SMILES string of the molecule is CC(C)C1C(O)N1C(=O)CC(CO)Cc1ccc(O)cc1O. The standard InChI is InChI=1S/C16H23NO5/c1-9(2)15-16(22)17(15)14(21)6-10(8-18)5-11-3-4-12(19)7-13(11)20/h3-4,7,9-10,15-16,18-20,22H,5-6,8H2,1-2H3. The lowest BCUT2D eigenvalue weighted by atomic mass is 9.96. The largest absolute Gasteiger partial charge is 0.508 e. The summed E-state index contributed by atoms with van der Waals surface area (Å²) in [5.74, 6) is -0.442. The minimum absolute atomic E-state index is 0.0372. The third-order valence-electron chi connectivity index (χ3n) is 4.09. The van der Waals surface area contributed by atoms with Crippen LogP contribution >= 0.6 is 0 Å². The Labute approximate surface area is 129 Å². The maximum absolute atomic E-state index is 12.2. The summed E-state index contributed by atoms with van der Waals surface area (Å²) >= 11 is 0. The molecule has 1 aliphatic rings. The Kier molecular flexibility index (Phi) is 4.93. The summed E-state index contributed by atoms with van der Waals surface area (Å²) in [6.07, 6.45) is -0.296. The zero-order valence-electron chi connectivity index (χ0n) is 12.8. The molecule has 1 saturated heterocycles. The molecule has 0 aromatic heterocycles. The first kappa shape index (κ1) is 16.6. The first-order chi connectivity index (χ1) is 10.3. The van der Waals surface area contributed by atoms with E-state index in [9.17, 15) is 25.2 Å². The number of aliphatic hydroxyl groups excluding tert-OH is 2. The van der Waals surface area contributed by atoms with Crippen molar-refractivity contribution in [3.05, 3.63) is 23.8 Å². The predicted octanol–water partition coefficient (Wildman–Crippen LogP) is 0.824. The quantitative estimate of drug-likeness (QED) is 0.583. The van der Waals surface area contributed by atoms with E-state index in [1.807, 2.05) is 13.8 Å². The van der Waals surface area contributed by atoms with Gasteiger partial charge in [0.2, 0.25) is 5.91 Å². The molecule has 2 rings (SSSR count). The molecule has 122 valence electrons. The minimum atomic E-state index is -0.728. The molecule has 0 saturated carbocycles. The maximum Gasteiger partial charge on any atom is 0.225 e. The number of benzene rings is 1. The molecule has 0 aliphatic carbocycles. The van der Waals surface area contributed by atoms with Crippen molar-refractivity contribution in [2.75, 3.05) is 6.61 Å². The van der Waals surface area contributed by atoms with Gasteiger partial charge in [-0.1, -0.05) is 19.9 Å². The Morgan fingerprint density at radius 3 is 2.50 bits per heavy atom. The smallest absolute Gasteiger partial charge is 0.225 e. The van der Waals surface area contributed by atoms with Crippen LogP contribution in [-0.2, 0) is 11.2 Å². The van der Waals surface area contributed by atoms with Gasteiger partial charge in [-0.15, -0.1) is 0 Å². The van der Waals surface area contributed by atoms with Gasteiger partial charge in [-0.2, -0.15) is 0 Å². The fourth-order valence-electron chi connectivity index (χ4n) is 2.81.